The van der Waals surface area contributed by atoms with Crippen LogP contribution in [-0.2, 0) is 44.7 Å². The number of carbonyl (C=O) groups excluding carboxylic acids is 3. The third kappa shape index (κ3) is 6.83. The first-order valence-corrected chi connectivity index (χ1v) is 9.67. The first-order chi connectivity index (χ1) is 13.7. The molecule has 0 unspecified atom stereocenters. The standard InChI is InChI=1S/C21H28O8/c1-5-6-12-25-19(23)16-17(29-21(3,4)28-16)20(24)27-14(2)18(22)26-13-15-10-8-7-9-11-15/h7-11,14,16-17H,5-6,12-13H2,1-4H3/t14-,16+,17+/m0/s1. The summed E-state index contributed by atoms with van der Waals surface area (Å²) in [6.45, 7) is 6.78. The van der Waals surface area contributed by atoms with Crippen LogP contribution in [0.2, 0.25) is 0 Å². The van der Waals surface area contributed by atoms with Gasteiger partial charge in [-0.1, -0.05) is 43.7 Å². The van der Waals surface area contributed by atoms with Crippen molar-refractivity contribution in [3.8, 4) is 0 Å². The molecule has 0 N–H and O–H groups in total. The van der Waals surface area contributed by atoms with E-state index in [-0.39, 0.29) is 13.2 Å². The molecule has 1 heterocycles. The van der Waals surface area contributed by atoms with E-state index >= 15 is 0 Å². The Morgan fingerprint density at radius 3 is 2.28 bits per heavy atom. The van der Waals surface area contributed by atoms with Gasteiger partial charge in [-0.15, -0.1) is 0 Å². The summed E-state index contributed by atoms with van der Waals surface area (Å²) in [6.07, 6.45) is -2.21. The van der Waals surface area contributed by atoms with E-state index in [1.54, 1.807) is 13.8 Å². The molecule has 3 atom stereocenters. The highest BCUT2D eigenvalue weighted by Gasteiger charge is 2.51. The van der Waals surface area contributed by atoms with Crippen molar-refractivity contribution < 1.29 is 38.1 Å². The van der Waals surface area contributed by atoms with Crippen LogP contribution in [0, 0.1) is 0 Å². The van der Waals surface area contributed by atoms with Crippen molar-refractivity contribution in [3.63, 3.8) is 0 Å². The second kappa shape index (κ2) is 10.4. The Labute approximate surface area is 170 Å². The van der Waals surface area contributed by atoms with Gasteiger partial charge in [-0.3, -0.25) is 0 Å². The first kappa shape index (κ1) is 22.8. The van der Waals surface area contributed by atoms with Crippen LogP contribution in [0.3, 0.4) is 0 Å². The van der Waals surface area contributed by atoms with E-state index in [0.29, 0.717) is 6.42 Å². The van der Waals surface area contributed by atoms with Crippen molar-refractivity contribution in [2.75, 3.05) is 6.61 Å². The zero-order chi connectivity index (χ0) is 21.4. The van der Waals surface area contributed by atoms with Gasteiger partial charge in [0.25, 0.3) is 0 Å². The molecule has 1 aliphatic heterocycles. The highest BCUT2D eigenvalue weighted by atomic mass is 16.8. The summed E-state index contributed by atoms with van der Waals surface area (Å²) in [5.74, 6) is -3.47. The minimum absolute atomic E-state index is 0.0595. The average molecular weight is 408 g/mol. The molecule has 0 spiro atoms. The lowest BCUT2D eigenvalue weighted by Gasteiger charge is -2.18. The molecule has 1 fully saturated rings. The third-order valence-electron chi connectivity index (χ3n) is 4.15. The van der Waals surface area contributed by atoms with Crippen molar-refractivity contribution >= 4 is 17.9 Å². The molecule has 0 bridgehead atoms. The predicted octanol–water partition coefficient (Wildman–Crippen LogP) is 2.52. The van der Waals surface area contributed by atoms with Crippen molar-refractivity contribution in [3.05, 3.63) is 35.9 Å². The largest absolute Gasteiger partial charge is 0.464 e. The molecule has 29 heavy (non-hydrogen) atoms. The van der Waals surface area contributed by atoms with E-state index in [2.05, 4.69) is 0 Å². The molecule has 1 aromatic carbocycles. The Hall–Kier alpha value is -2.45. The molecule has 0 aromatic heterocycles. The Morgan fingerprint density at radius 1 is 1.03 bits per heavy atom. The molecular weight excluding hydrogens is 380 g/mol. The molecule has 1 saturated heterocycles. The fourth-order valence-electron chi connectivity index (χ4n) is 2.64. The Balaban J connectivity index is 1.91. The number of ether oxygens (including phenoxy) is 5. The van der Waals surface area contributed by atoms with Crippen molar-refractivity contribution in [2.24, 2.45) is 0 Å². The van der Waals surface area contributed by atoms with Gasteiger partial charge in [0.05, 0.1) is 6.61 Å². The number of rotatable bonds is 9. The van der Waals surface area contributed by atoms with Crippen LogP contribution >= 0.6 is 0 Å². The summed E-state index contributed by atoms with van der Waals surface area (Å²) in [6, 6.07) is 9.12. The second-order valence-corrected chi connectivity index (χ2v) is 7.17. The van der Waals surface area contributed by atoms with E-state index in [1.165, 1.54) is 6.92 Å². The molecule has 0 saturated carbocycles. The quantitative estimate of drug-likeness (QED) is 0.349. The Bertz CT molecular complexity index is 700. The fourth-order valence-corrected chi connectivity index (χ4v) is 2.64. The normalized spacial score (nSPS) is 21.2. The zero-order valence-corrected chi connectivity index (χ0v) is 17.2. The van der Waals surface area contributed by atoms with Gasteiger partial charge in [-0.25, -0.2) is 14.4 Å². The lowest BCUT2D eigenvalue weighted by atomic mass is 10.2. The van der Waals surface area contributed by atoms with Crippen LogP contribution in [0.25, 0.3) is 0 Å². The number of hydrogen-bond donors (Lipinski definition) is 0. The summed E-state index contributed by atoms with van der Waals surface area (Å²) < 4.78 is 26.5. The predicted molar refractivity (Wildman–Crippen MR) is 101 cm³/mol. The SMILES string of the molecule is CCCCOC(=O)[C@@H]1OC(C)(C)O[C@H]1C(=O)O[C@@H](C)C(=O)OCc1ccccc1. The number of hydrogen-bond acceptors (Lipinski definition) is 8. The first-order valence-electron chi connectivity index (χ1n) is 9.67. The lowest BCUT2D eigenvalue weighted by Crippen LogP contribution is -2.41. The smallest absolute Gasteiger partial charge is 0.347 e. The molecule has 2 rings (SSSR count). The van der Waals surface area contributed by atoms with Gasteiger partial charge in [0, 0.05) is 0 Å². The average Bonchev–Trinajstić information content (AvgIpc) is 3.02. The molecule has 0 amide bonds. The lowest BCUT2D eigenvalue weighted by molar-refractivity contribution is -0.180. The van der Waals surface area contributed by atoms with E-state index in [4.69, 9.17) is 23.7 Å². The third-order valence-corrected chi connectivity index (χ3v) is 4.15. The molecule has 0 radical (unpaired) electrons. The number of unbranched alkanes of at least 4 members (excludes halogenated alkanes) is 1. The highest BCUT2D eigenvalue weighted by Crippen LogP contribution is 2.30. The van der Waals surface area contributed by atoms with Gasteiger partial charge >= 0.3 is 17.9 Å². The maximum atomic E-state index is 12.5. The number of carbonyl (C=O) groups is 3. The van der Waals surface area contributed by atoms with Crippen molar-refractivity contribution in [2.45, 2.75) is 71.2 Å². The van der Waals surface area contributed by atoms with E-state index in [1.807, 2.05) is 37.3 Å². The van der Waals surface area contributed by atoms with Crippen LogP contribution < -0.4 is 0 Å². The number of esters is 3. The van der Waals surface area contributed by atoms with Gasteiger partial charge in [-0.2, -0.15) is 0 Å². The van der Waals surface area contributed by atoms with E-state index in [0.717, 1.165) is 12.0 Å². The van der Waals surface area contributed by atoms with E-state index < -0.39 is 42.0 Å². The fraction of sp³-hybridized carbons (Fsp3) is 0.571. The van der Waals surface area contributed by atoms with Crippen LogP contribution in [0.4, 0.5) is 0 Å². The van der Waals surface area contributed by atoms with E-state index in [9.17, 15) is 14.4 Å². The van der Waals surface area contributed by atoms with Gasteiger partial charge in [0.1, 0.15) is 6.61 Å². The summed E-state index contributed by atoms with van der Waals surface area (Å²) in [4.78, 5) is 36.9. The summed E-state index contributed by atoms with van der Waals surface area (Å²) in [7, 11) is 0. The summed E-state index contributed by atoms with van der Waals surface area (Å²) in [5.41, 5.74) is 0.809. The molecule has 1 aromatic rings. The Morgan fingerprint density at radius 2 is 1.66 bits per heavy atom. The highest BCUT2D eigenvalue weighted by molar-refractivity contribution is 5.87. The van der Waals surface area contributed by atoms with Crippen molar-refractivity contribution in [1.82, 2.24) is 0 Å². The molecule has 160 valence electrons. The van der Waals surface area contributed by atoms with Crippen LogP contribution in [0.15, 0.2) is 30.3 Å². The van der Waals surface area contributed by atoms with Gasteiger partial charge < -0.3 is 23.7 Å². The van der Waals surface area contributed by atoms with Gasteiger partial charge in [-0.05, 0) is 32.8 Å². The maximum absolute atomic E-state index is 12.5. The zero-order valence-electron chi connectivity index (χ0n) is 17.2. The van der Waals surface area contributed by atoms with Gasteiger partial charge in [0.2, 0.25) is 0 Å². The molecular formula is C21H28O8. The van der Waals surface area contributed by atoms with Crippen LogP contribution in [0.5, 0.6) is 0 Å². The number of benzene rings is 1. The summed E-state index contributed by atoms with van der Waals surface area (Å²) in [5, 5.41) is 0. The van der Waals surface area contributed by atoms with Crippen molar-refractivity contribution in [1.29, 1.82) is 0 Å². The van der Waals surface area contributed by atoms with Crippen LogP contribution in [0.1, 0.15) is 46.1 Å². The Kier molecular flexibility index (Phi) is 8.16. The maximum Gasteiger partial charge on any atom is 0.347 e. The topological polar surface area (TPSA) is 97.4 Å². The summed E-state index contributed by atoms with van der Waals surface area (Å²) >= 11 is 0. The van der Waals surface area contributed by atoms with Crippen LogP contribution in [-0.4, -0.2) is 48.6 Å². The second-order valence-electron chi connectivity index (χ2n) is 7.17. The molecule has 8 nitrogen and oxygen atoms in total. The van der Waals surface area contributed by atoms with Gasteiger partial charge in [0.15, 0.2) is 24.1 Å². The molecule has 8 heteroatoms. The molecule has 0 aliphatic carbocycles. The molecule has 1 aliphatic rings. The minimum Gasteiger partial charge on any atom is -0.464 e. The minimum atomic E-state index is -1.33. The monoisotopic (exact) mass is 408 g/mol.